The SMILES string of the molecule is O=C(CCCNC(=O)c1cccs1)NCCOCC(F)(F)F. The molecule has 0 aliphatic carbocycles. The Morgan fingerprint density at radius 3 is 2.64 bits per heavy atom. The summed E-state index contributed by atoms with van der Waals surface area (Å²) in [5.41, 5.74) is 0. The first kappa shape index (κ1) is 18.4. The van der Waals surface area contributed by atoms with Crippen molar-refractivity contribution in [3.8, 4) is 0 Å². The molecule has 2 N–H and O–H groups in total. The van der Waals surface area contributed by atoms with Crippen LogP contribution in [0, 0.1) is 0 Å². The summed E-state index contributed by atoms with van der Waals surface area (Å²) < 4.78 is 39.7. The highest BCUT2D eigenvalue weighted by molar-refractivity contribution is 7.12. The largest absolute Gasteiger partial charge is 0.411 e. The molecule has 0 bridgehead atoms. The predicted molar refractivity (Wildman–Crippen MR) is 75.8 cm³/mol. The van der Waals surface area contributed by atoms with Gasteiger partial charge in [0.1, 0.15) is 6.61 Å². The molecule has 124 valence electrons. The van der Waals surface area contributed by atoms with E-state index in [-0.39, 0.29) is 31.4 Å². The molecule has 9 heteroatoms. The second kappa shape index (κ2) is 9.42. The van der Waals surface area contributed by atoms with Crippen LogP contribution in [0.2, 0.25) is 0 Å². The number of nitrogens with one attached hydrogen (secondary N) is 2. The van der Waals surface area contributed by atoms with Crippen molar-refractivity contribution in [3.63, 3.8) is 0 Å². The molecule has 22 heavy (non-hydrogen) atoms. The Bertz CT molecular complexity index is 464. The van der Waals surface area contributed by atoms with E-state index in [9.17, 15) is 22.8 Å². The van der Waals surface area contributed by atoms with E-state index >= 15 is 0 Å². The van der Waals surface area contributed by atoms with E-state index in [1.165, 1.54) is 11.3 Å². The number of hydrogen-bond acceptors (Lipinski definition) is 4. The Morgan fingerprint density at radius 1 is 1.23 bits per heavy atom. The van der Waals surface area contributed by atoms with Crippen molar-refractivity contribution in [1.29, 1.82) is 0 Å². The number of halogens is 3. The average molecular weight is 338 g/mol. The zero-order valence-corrected chi connectivity index (χ0v) is 12.6. The maximum atomic E-state index is 11.8. The highest BCUT2D eigenvalue weighted by atomic mass is 32.1. The van der Waals surface area contributed by atoms with E-state index in [4.69, 9.17) is 0 Å². The van der Waals surface area contributed by atoms with Gasteiger partial charge in [-0.2, -0.15) is 13.2 Å². The van der Waals surface area contributed by atoms with E-state index in [1.54, 1.807) is 17.5 Å². The monoisotopic (exact) mass is 338 g/mol. The van der Waals surface area contributed by atoms with Gasteiger partial charge in [0.25, 0.3) is 5.91 Å². The molecular formula is C13H17F3N2O3S. The van der Waals surface area contributed by atoms with Crippen molar-refractivity contribution in [2.75, 3.05) is 26.3 Å². The molecule has 1 aromatic rings. The molecule has 0 saturated heterocycles. The van der Waals surface area contributed by atoms with Gasteiger partial charge < -0.3 is 15.4 Å². The van der Waals surface area contributed by atoms with E-state index in [2.05, 4.69) is 15.4 Å². The molecule has 0 saturated carbocycles. The van der Waals surface area contributed by atoms with Gasteiger partial charge in [-0.25, -0.2) is 0 Å². The van der Waals surface area contributed by atoms with Crippen LogP contribution in [0.5, 0.6) is 0 Å². The number of ether oxygens (including phenoxy) is 1. The van der Waals surface area contributed by atoms with Crippen LogP contribution in [0.25, 0.3) is 0 Å². The minimum Gasteiger partial charge on any atom is -0.370 e. The molecule has 0 fully saturated rings. The average Bonchev–Trinajstić information content (AvgIpc) is 2.96. The zero-order valence-electron chi connectivity index (χ0n) is 11.7. The summed E-state index contributed by atoms with van der Waals surface area (Å²) in [5, 5.41) is 6.91. The Balaban J connectivity index is 1.98. The summed E-state index contributed by atoms with van der Waals surface area (Å²) in [6, 6.07) is 3.47. The molecule has 0 atom stereocenters. The van der Waals surface area contributed by atoms with E-state index in [0.29, 0.717) is 17.8 Å². The van der Waals surface area contributed by atoms with Gasteiger partial charge in [0.15, 0.2) is 0 Å². The van der Waals surface area contributed by atoms with Gasteiger partial charge in [0.2, 0.25) is 5.91 Å². The van der Waals surface area contributed by atoms with E-state index in [1.807, 2.05) is 0 Å². The third-order valence-corrected chi connectivity index (χ3v) is 3.31. The van der Waals surface area contributed by atoms with Gasteiger partial charge in [-0.3, -0.25) is 9.59 Å². The van der Waals surface area contributed by atoms with Crippen LogP contribution in [-0.2, 0) is 9.53 Å². The molecule has 5 nitrogen and oxygen atoms in total. The number of alkyl halides is 3. The van der Waals surface area contributed by atoms with Gasteiger partial charge in [-0.1, -0.05) is 6.07 Å². The van der Waals surface area contributed by atoms with Gasteiger partial charge in [0.05, 0.1) is 11.5 Å². The van der Waals surface area contributed by atoms with Crippen LogP contribution in [0.3, 0.4) is 0 Å². The van der Waals surface area contributed by atoms with Crippen molar-refractivity contribution in [1.82, 2.24) is 10.6 Å². The molecule has 1 heterocycles. The Morgan fingerprint density at radius 2 is 2.00 bits per heavy atom. The minimum atomic E-state index is -4.36. The second-order valence-corrected chi connectivity index (χ2v) is 5.30. The molecule has 1 rings (SSSR count). The molecule has 0 spiro atoms. The van der Waals surface area contributed by atoms with E-state index < -0.39 is 12.8 Å². The normalized spacial score (nSPS) is 11.2. The Hall–Kier alpha value is -1.61. The fourth-order valence-electron chi connectivity index (χ4n) is 1.48. The van der Waals surface area contributed by atoms with Crippen molar-refractivity contribution in [2.24, 2.45) is 0 Å². The Kier molecular flexibility index (Phi) is 7.89. The van der Waals surface area contributed by atoms with Crippen LogP contribution in [0.1, 0.15) is 22.5 Å². The summed E-state index contributed by atoms with van der Waals surface area (Å²) in [7, 11) is 0. The fraction of sp³-hybridized carbons (Fsp3) is 0.538. The second-order valence-electron chi connectivity index (χ2n) is 4.35. The molecule has 1 aromatic heterocycles. The first-order chi connectivity index (χ1) is 10.4. The number of carbonyl (C=O) groups excluding carboxylic acids is 2. The lowest BCUT2D eigenvalue weighted by molar-refractivity contribution is -0.173. The zero-order chi connectivity index (χ0) is 16.4. The first-order valence-corrected chi connectivity index (χ1v) is 7.49. The Labute approximate surface area is 129 Å². The van der Waals surface area contributed by atoms with Crippen LogP contribution in [0.4, 0.5) is 13.2 Å². The van der Waals surface area contributed by atoms with Gasteiger partial charge in [-0.05, 0) is 17.9 Å². The smallest absolute Gasteiger partial charge is 0.370 e. The predicted octanol–water partition coefficient (Wildman–Crippen LogP) is 1.95. The molecule has 0 aliphatic rings. The quantitative estimate of drug-likeness (QED) is 0.677. The molecule has 0 unspecified atom stereocenters. The van der Waals surface area contributed by atoms with Gasteiger partial charge in [0, 0.05) is 19.5 Å². The van der Waals surface area contributed by atoms with Crippen LogP contribution < -0.4 is 10.6 Å². The van der Waals surface area contributed by atoms with Crippen molar-refractivity contribution in [3.05, 3.63) is 22.4 Å². The summed E-state index contributed by atoms with van der Waals surface area (Å²) in [4.78, 5) is 23.5. The fourth-order valence-corrected chi connectivity index (χ4v) is 2.12. The lowest BCUT2D eigenvalue weighted by atomic mass is 10.3. The summed E-state index contributed by atoms with van der Waals surface area (Å²) >= 11 is 1.33. The molecule has 0 aliphatic heterocycles. The van der Waals surface area contributed by atoms with Crippen molar-refractivity contribution in [2.45, 2.75) is 19.0 Å². The maximum Gasteiger partial charge on any atom is 0.411 e. The standard InChI is InChI=1S/C13H17F3N2O3S/c14-13(15,16)9-21-7-6-17-11(19)4-1-5-18-12(20)10-3-2-8-22-10/h2-3,8H,1,4-7,9H2,(H,17,19)(H,18,20). The third-order valence-electron chi connectivity index (χ3n) is 2.45. The highest BCUT2D eigenvalue weighted by Gasteiger charge is 2.27. The van der Waals surface area contributed by atoms with E-state index in [0.717, 1.165) is 0 Å². The summed E-state index contributed by atoms with van der Waals surface area (Å²) in [5.74, 6) is -0.475. The minimum absolute atomic E-state index is 0.0243. The summed E-state index contributed by atoms with van der Waals surface area (Å²) in [6.07, 6.45) is -3.72. The molecule has 2 amide bonds. The van der Waals surface area contributed by atoms with Crippen LogP contribution >= 0.6 is 11.3 Å². The molecular weight excluding hydrogens is 321 g/mol. The number of hydrogen-bond donors (Lipinski definition) is 2. The van der Waals surface area contributed by atoms with Crippen molar-refractivity contribution >= 4 is 23.2 Å². The number of amides is 2. The van der Waals surface area contributed by atoms with Crippen molar-refractivity contribution < 1.29 is 27.5 Å². The maximum absolute atomic E-state index is 11.8. The topological polar surface area (TPSA) is 67.4 Å². The molecule has 0 aromatic carbocycles. The number of rotatable bonds is 9. The third kappa shape index (κ3) is 8.63. The number of carbonyl (C=O) groups is 2. The number of thiophene rings is 1. The highest BCUT2D eigenvalue weighted by Crippen LogP contribution is 2.13. The lowest BCUT2D eigenvalue weighted by Crippen LogP contribution is -2.30. The van der Waals surface area contributed by atoms with Crippen LogP contribution in [-0.4, -0.2) is 44.3 Å². The van der Waals surface area contributed by atoms with Crippen LogP contribution in [0.15, 0.2) is 17.5 Å². The molecule has 0 radical (unpaired) electrons. The lowest BCUT2D eigenvalue weighted by Gasteiger charge is -2.08. The first-order valence-electron chi connectivity index (χ1n) is 6.61. The van der Waals surface area contributed by atoms with Gasteiger partial charge >= 0.3 is 6.18 Å². The van der Waals surface area contributed by atoms with Gasteiger partial charge in [-0.15, -0.1) is 11.3 Å². The summed E-state index contributed by atoms with van der Waals surface area (Å²) in [6.45, 7) is -1.14.